The number of hydrogen-bond donors (Lipinski definition) is 2. The summed E-state index contributed by atoms with van der Waals surface area (Å²) in [7, 11) is 0. The van der Waals surface area contributed by atoms with Crippen LogP contribution in [0.4, 0.5) is 4.39 Å². The molecule has 0 unspecified atom stereocenters. The monoisotopic (exact) mass is 297 g/mol. The topological polar surface area (TPSA) is 66.4 Å². The van der Waals surface area contributed by atoms with Gasteiger partial charge in [-0.25, -0.2) is 9.18 Å². The van der Waals surface area contributed by atoms with Gasteiger partial charge in [0.25, 0.3) is 0 Å². The predicted molar refractivity (Wildman–Crippen MR) is 78.0 cm³/mol. The molecule has 1 aromatic carbocycles. The highest BCUT2D eigenvalue weighted by molar-refractivity contribution is 7.98. The number of hydrogen-bond acceptors (Lipinski definition) is 3. The lowest BCUT2D eigenvalue weighted by Crippen LogP contribution is -2.40. The van der Waals surface area contributed by atoms with E-state index >= 15 is 0 Å². The van der Waals surface area contributed by atoms with E-state index in [1.165, 1.54) is 30.0 Å². The van der Waals surface area contributed by atoms with Crippen molar-refractivity contribution in [1.29, 1.82) is 0 Å². The van der Waals surface area contributed by atoms with Crippen molar-refractivity contribution in [3.05, 3.63) is 41.7 Å². The molecule has 0 radical (unpaired) electrons. The van der Waals surface area contributed by atoms with E-state index in [1.54, 1.807) is 12.1 Å². The van der Waals surface area contributed by atoms with Crippen molar-refractivity contribution in [1.82, 2.24) is 5.32 Å². The number of carbonyl (C=O) groups excluding carboxylic acids is 1. The van der Waals surface area contributed by atoms with Crippen LogP contribution in [0.1, 0.15) is 12.0 Å². The van der Waals surface area contributed by atoms with Gasteiger partial charge in [0.15, 0.2) is 0 Å². The lowest BCUT2D eigenvalue weighted by atomic mass is 10.2. The van der Waals surface area contributed by atoms with E-state index in [2.05, 4.69) is 5.32 Å². The van der Waals surface area contributed by atoms with Crippen LogP contribution < -0.4 is 5.32 Å². The largest absolute Gasteiger partial charge is 0.480 e. The summed E-state index contributed by atoms with van der Waals surface area (Å²) in [5, 5.41) is 11.3. The lowest BCUT2D eigenvalue weighted by molar-refractivity contribution is -0.141. The van der Waals surface area contributed by atoms with Gasteiger partial charge in [0.05, 0.1) is 0 Å². The Morgan fingerprint density at radius 2 is 2.15 bits per heavy atom. The van der Waals surface area contributed by atoms with Crippen LogP contribution in [0.25, 0.3) is 6.08 Å². The molecule has 1 amide bonds. The molecule has 0 aromatic heterocycles. The van der Waals surface area contributed by atoms with Crippen LogP contribution in [-0.2, 0) is 9.59 Å². The molecule has 0 aliphatic heterocycles. The summed E-state index contributed by atoms with van der Waals surface area (Å²) in [4.78, 5) is 22.6. The minimum Gasteiger partial charge on any atom is -0.480 e. The minimum atomic E-state index is -1.08. The van der Waals surface area contributed by atoms with Crippen LogP contribution in [0.3, 0.4) is 0 Å². The zero-order chi connectivity index (χ0) is 15.0. The standard InChI is InChI=1S/C14H16FNO3S/c1-20-9-8-12(14(18)19)16-13(17)7-6-10-4-2-3-5-11(10)15/h2-7,12H,8-9H2,1H3,(H,16,17)(H,18,19)/b7-6+/t12-/m0/s1. The second-order valence-electron chi connectivity index (χ2n) is 4.04. The molecule has 1 rings (SSSR count). The molecule has 108 valence electrons. The van der Waals surface area contributed by atoms with Crippen LogP contribution in [0.15, 0.2) is 30.3 Å². The van der Waals surface area contributed by atoms with Crippen molar-refractivity contribution < 1.29 is 19.1 Å². The molecule has 4 nitrogen and oxygen atoms in total. The maximum atomic E-state index is 13.3. The van der Waals surface area contributed by atoms with Crippen molar-refractivity contribution in [3.63, 3.8) is 0 Å². The van der Waals surface area contributed by atoms with Crippen molar-refractivity contribution >= 4 is 29.7 Å². The molecule has 0 saturated heterocycles. The van der Waals surface area contributed by atoms with Gasteiger partial charge >= 0.3 is 5.97 Å². The van der Waals surface area contributed by atoms with Gasteiger partial charge in [0.2, 0.25) is 5.91 Å². The summed E-state index contributed by atoms with van der Waals surface area (Å²) in [6.45, 7) is 0. The first kappa shape index (κ1) is 16.2. The highest BCUT2D eigenvalue weighted by Crippen LogP contribution is 2.08. The fraction of sp³-hybridized carbons (Fsp3) is 0.286. The number of amides is 1. The molecular formula is C14H16FNO3S. The Labute approximate surface area is 121 Å². The highest BCUT2D eigenvalue weighted by Gasteiger charge is 2.17. The van der Waals surface area contributed by atoms with Crippen LogP contribution in [0.5, 0.6) is 0 Å². The van der Waals surface area contributed by atoms with Gasteiger partial charge < -0.3 is 10.4 Å². The second kappa shape index (κ2) is 8.37. The summed E-state index contributed by atoms with van der Waals surface area (Å²) in [6, 6.07) is 5.09. The van der Waals surface area contributed by atoms with Gasteiger partial charge in [-0.2, -0.15) is 11.8 Å². The number of aliphatic carboxylic acids is 1. The molecule has 1 atom stereocenters. The minimum absolute atomic E-state index is 0.277. The molecule has 0 heterocycles. The molecule has 0 spiro atoms. The summed E-state index contributed by atoms with van der Waals surface area (Å²) in [6.07, 6.45) is 4.65. The third-order valence-corrected chi connectivity index (χ3v) is 3.19. The summed E-state index contributed by atoms with van der Waals surface area (Å²) >= 11 is 1.50. The van der Waals surface area contributed by atoms with Gasteiger partial charge in [-0.3, -0.25) is 4.79 Å². The number of carboxylic acids is 1. The third-order valence-electron chi connectivity index (χ3n) is 2.54. The zero-order valence-corrected chi connectivity index (χ0v) is 11.8. The maximum absolute atomic E-state index is 13.3. The average Bonchev–Trinajstić information content (AvgIpc) is 2.42. The van der Waals surface area contributed by atoms with Crippen molar-refractivity contribution in [2.24, 2.45) is 0 Å². The first-order valence-corrected chi connectivity index (χ1v) is 7.39. The Balaban J connectivity index is 2.61. The molecule has 0 saturated carbocycles. The Hall–Kier alpha value is -1.82. The van der Waals surface area contributed by atoms with Gasteiger partial charge in [-0.1, -0.05) is 18.2 Å². The highest BCUT2D eigenvalue weighted by atomic mass is 32.2. The zero-order valence-electron chi connectivity index (χ0n) is 11.0. The van der Waals surface area contributed by atoms with Crippen LogP contribution in [-0.4, -0.2) is 35.0 Å². The average molecular weight is 297 g/mol. The van der Waals surface area contributed by atoms with E-state index in [9.17, 15) is 14.0 Å². The normalized spacial score (nSPS) is 12.3. The molecule has 2 N–H and O–H groups in total. The molecular weight excluding hydrogens is 281 g/mol. The fourth-order valence-corrected chi connectivity index (χ4v) is 1.96. The first-order chi connectivity index (χ1) is 9.54. The van der Waals surface area contributed by atoms with E-state index in [0.29, 0.717) is 12.2 Å². The number of carboxylic acid groups (broad SMARTS) is 1. The Kier molecular flexibility index (Phi) is 6.79. The Morgan fingerprint density at radius 1 is 1.45 bits per heavy atom. The number of halogens is 1. The Morgan fingerprint density at radius 3 is 2.75 bits per heavy atom. The van der Waals surface area contributed by atoms with E-state index in [4.69, 9.17) is 5.11 Å². The molecule has 0 aliphatic carbocycles. The SMILES string of the molecule is CSCC[C@H](NC(=O)/C=C/c1ccccc1F)C(=O)O. The van der Waals surface area contributed by atoms with Crippen LogP contribution in [0, 0.1) is 5.82 Å². The summed E-state index contributed by atoms with van der Waals surface area (Å²) in [5.74, 6) is -1.43. The number of carbonyl (C=O) groups is 2. The number of rotatable bonds is 7. The van der Waals surface area contributed by atoms with E-state index in [-0.39, 0.29) is 5.56 Å². The van der Waals surface area contributed by atoms with Crippen LogP contribution in [0.2, 0.25) is 0 Å². The summed E-state index contributed by atoms with van der Waals surface area (Å²) < 4.78 is 13.3. The number of nitrogens with one attached hydrogen (secondary N) is 1. The van der Waals surface area contributed by atoms with E-state index < -0.39 is 23.7 Å². The van der Waals surface area contributed by atoms with Crippen LogP contribution >= 0.6 is 11.8 Å². The van der Waals surface area contributed by atoms with Gasteiger partial charge in [0.1, 0.15) is 11.9 Å². The quantitative estimate of drug-likeness (QED) is 0.757. The van der Waals surface area contributed by atoms with E-state index in [1.807, 2.05) is 6.26 Å². The Bertz CT molecular complexity index is 505. The fourth-order valence-electron chi connectivity index (χ4n) is 1.49. The summed E-state index contributed by atoms with van der Waals surface area (Å²) in [5.41, 5.74) is 0.277. The van der Waals surface area contributed by atoms with Crippen molar-refractivity contribution in [2.45, 2.75) is 12.5 Å². The third kappa shape index (κ3) is 5.44. The molecule has 1 aromatic rings. The molecule has 6 heteroatoms. The lowest BCUT2D eigenvalue weighted by Gasteiger charge is -2.12. The first-order valence-electron chi connectivity index (χ1n) is 5.99. The molecule has 0 fully saturated rings. The number of thioether (sulfide) groups is 1. The van der Waals surface area contributed by atoms with Gasteiger partial charge in [0, 0.05) is 11.6 Å². The molecule has 20 heavy (non-hydrogen) atoms. The van der Waals surface area contributed by atoms with Crippen molar-refractivity contribution in [3.8, 4) is 0 Å². The van der Waals surface area contributed by atoms with Crippen molar-refractivity contribution in [2.75, 3.05) is 12.0 Å². The van der Waals surface area contributed by atoms with Gasteiger partial charge in [-0.15, -0.1) is 0 Å². The molecule has 0 aliphatic rings. The maximum Gasteiger partial charge on any atom is 0.326 e. The molecule has 0 bridgehead atoms. The smallest absolute Gasteiger partial charge is 0.326 e. The van der Waals surface area contributed by atoms with Gasteiger partial charge in [-0.05, 0) is 30.6 Å². The predicted octanol–water partition coefficient (Wildman–Crippen LogP) is 2.16. The number of benzene rings is 1. The van der Waals surface area contributed by atoms with E-state index in [0.717, 1.165) is 6.08 Å². The second-order valence-corrected chi connectivity index (χ2v) is 5.02.